The van der Waals surface area contributed by atoms with E-state index in [1.165, 1.54) is 44.9 Å². The summed E-state index contributed by atoms with van der Waals surface area (Å²) >= 11 is 0. The van der Waals surface area contributed by atoms with Gasteiger partial charge < -0.3 is 21.7 Å². The number of hydrogen-bond donors (Lipinski definition) is 4. The predicted octanol–water partition coefficient (Wildman–Crippen LogP) is 2.94. The highest BCUT2D eigenvalue weighted by Gasteiger charge is 2.18. The van der Waals surface area contributed by atoms with Crippen LogP contribution in [0.5, 0.6) is 0 Å². The minimum absolute atomic E-state index is 0.0438. The zero-order chi connectivity index (χ0) is 19.6. The maximum atomic E-state index is 12.1. The maximum absolute atomic E-state index is 12.1. The lowest BCUT2D eigenvalue weighted by Crippen LogP contribution is -2.45. The molecule has 0 aromatic heterocycles. The quantitative estimate of drug-likeness (QED) is 0.297. The third kappa shape index (κ3) is 14.6. The first kappa shape index (κ1) is 24.3. The second-order valence-electron chi connectivity index (χ2n) is 6.91. The van der Waals surface area contributed by atoms with Crippen LogP contribution in [0, 0.1) is 0 Å². The van der Waals surface area contributed by atoms with Crippen LogP contribution < -0.4 is 21.7 Å². The molecule has 26 heavy (non-hydrogen) atoms. The number of nitrogens with two attached hydrogens (primary N) is 1. The van der Waals surface area contributed by atoms with E-state index in [9.17, 15) is 9.59 Å². The third-order valence-corrected chi connectivity index (χ3v) is 4.43. The fourth-order valence-corrected chi connectivity index (χ4v) is 2.86. The van der Waals surface area contributed by atoms with Gasteiger partial charge in [-0.3, -0.25) is 9.59 Å². The highest BCUT2D eigenvalue weighted by atomic mass is 16.2. The summed E-state index contributed by atoms with van der Waals surface area (Å²) in [5, 5.41) is 8.38. The predicted molar refractivity (Wildman–Crippen MR) is 108 cm³/mol. The second-order valence-corrected chi connectivity index (χ2v) is 6.91. The SMILES string of the molecule is C=C(N)NCCCC(NC(=O)CCCCCCCCCCC)C(=O)NC. The highest BCUT2D eigenvalue weighted by Crippen LogP contribution is 2.10. The van der Waals surface area contributed by atoms with Gasteiger partial charge >= 0.3 is 0 Å². The molecule has 6 nitrogen and oxygen atoms in total. The van der Waals surface area contributed by atoms with Crippen LogP contribution in [0.15, 0.2) is 12.4 Å². The smallest absolute Gasteiger partial charge is 0.242 e. The van der Waals surface area contributed by atoms with Crippen LogP contribution in [0.25, 0.3) is 0 Å². The number of unbranched alkanes of at least 4 members (excludes halogenated alkanes) is 8. The first-order valence-corrected chi connectivity index (χ1v) is 10.2. The Morgan fingerprint density at radius 2 is 1.54 bits per heavy atom. The molecule has 0 rings (SSSR count). The van der Waals surface area contributed by atoms with Crippen molar-refractivity contribution in [3.05, 3.63) is 12.4 Å². The maximum Gasteiger partial charge on any atom is 0.242 e. The molecule has 5 N–H and O–H groups in total. The van der Waals surface area contributed by atoms with Gasteiger partial charge in [0.05, 0.1) is 5.82 Å². The molecule has 0 bridgehead atoms. The Labute approximate surface area is 159 Å². The molecule has 0 radical (unpaired) electrons. The molecule has 0 aromatic carbocycles. The van der Waals surface area contributed by atoms with E-state index < -0.39 is 6.04 Å². The third-order valence-electron chi connectivity index (χ3n) is 4.43. The van der Waals surface area contributed by atoms with Crippen molar-refractivity contribution in [3.63, 3.8) is 0 Å². The topological polar surface area (TPSA) is 96.2 Å². The van der Waals surface area contributed by atoms with E-state index in [4.69, 9.17) is 5.73 Å². The molecule has 2 amide bonds. The minimum atomic E-state index is -0.487. The van der Waals surface area contributed by atoms with Crippen molar-refractivity contribution in [1.82, 2.24) is 16.0 Å². The van der Waals surface area contributed by atoms with E-state index >= 15 is 0 Å². The van der Waals surface area contributed by atoms with Gasteiger partial charge in [0.2, 0.25) is 11.8 Å². The molecule has 6 heteroatoms. The summed E-state index contributed by atoms with van der Waals surface area (Å²) in [6.07, 6.45) is 12.8. The van der Waals surface area contributed by atoms with Gasteiger partial charge in [0.25, 0.3) is 0 Å². The minimum Gasteiger partial charge on any atom is -0.386 e. The molecule has 0 aliphatic carbocycles. The number of likely N-dealkylation sites (N-methyl/N-ethyl adjacent to an activating group) is 1. The van der Waals surface area contributed by atoms with Gasteiger partial charge in [0, 0.05) is 20.0 Å². The second kappa shape index (κ2) is 16.7. The van der Waals surface area contributed by atoms with E-state index in [1.54, 1.807) is 7.05 Å². The van der Waals surface area contributed by atoms with Gasteiger partial charge in [-0.05, 0) is 19.3 Å². The lowest BCUT2D eigenvalue weighted by Gasteiger charge is -2.17. The Morgan fingerprint density at radius 3 is 2.08 bits per heavy atom. The summed E-state index contributed by atoms with van der Waals surface area (Å²) in [6.45, 7) is 6.43. The number of amides is 2. The molecule has 0 aliphatic rings. The monoisotopic (exact) mass is 368 g/mol. The van der Waals surface area contributed by atoms with Crippen LogP contribution in [-0.2, 0) is 9.59 Å². The first-order valence-electron chi connectivity index (χ1n) is 10.2. The number of nitrogens with one attached hydrogen (secondary N) is 3. The molecule has 1 atom stereocenters. The van der Waals surface area contributed by atoms with E-state index in [-0.39, 0.29) is 11.8 Å². The Kier molecular flexibility index (Phi) is 15.6. The van der Waals surface area contributed by atoms with Gasteiger partial charge in [-0.15, -0.1) is 0 Å². The lowest BCUT2D eigenvalue weighted by atomic mass is 10.1. The largest absolute Gasteiger partial charge is 0.386 e. The van der Waals surface area contributed by atoms with Crippen molar-refractivity contribution in [2.45, 2.75) is 90.0 Å². The van der Waals surface area contributed by atoms with E-state index in [1.807, 2.05) is 0 Å². The molecule has 0 heterocycles. The van der Waals surface area contributed by atoms with Crippen molar-refractivity contribution in [1.29, 1.82) is 0 Å². The van der Waals surface area contributed by atoms with Crippen molar-refractivity contribution in [2.75, 3.05) is 13.6 Å². The van der Waals surface area contributed by atoms with Crippen molar-refractivity contribution >= 4 is 11.8 Å². The van der Waals surface area contributed by atoms with E-state index in [0.717, 1.165) is 19.3 Å². The van der Waals surface area contributed by atoms with Gasteiger partial charge in [-0.1, -0.05) is 64.9 Å². The zero-order valence-electron chi connectivity index (χ0n) is 16.9. The number of carbonyl (C=O) groups excluding carboxylic acids is 2. The summed E-state index contributed by atoms with van der Waals surface area (Å²) in [5.74, 6) is 0.214. The molecular formula is C20H40N4O2. The van der Waals surface area contributed by atoms with Crippen LogP contribution in [0.4, 0.5) is 0 Å². The van der Waals surface area contributed by atoms with Gasteiger partial charge in [0.1, 0.15) is 6.04 Å². The summed E-state index contributed by atoms with van der Waals surface area (Å²) < 4.78 is 0. The average molecular weight is 369 g/mol. The van der Waals surface area contributed by atoms with E-state index in [2.05, 4.69) is 29.5 Å². The zero-order valence-corrected chi connectivity index (χ0v) is 16.9. The van der Waals surface area contributed by atoms with Crippen LogP contribution >= 0.6 is 0 Å². The van der Waals surface area contributed by atoms with E-state index in [0.29, 0.717) is 25.2 Å². The van der Waals surface area contributed by atoms with Gasteiger partial charge in [-0.2, -0.15) is 0 Å². The fraction of sp³-hybridized carbons (Fsp3) is 0.800. The van der Waals surface area contributed by atoms with Crippen molar-refractivity contribution in [3.8, 4) is 0 Å². The number of hydrogen-bond acceptors (Lipinski definition) is 4. The Bertz CT molecular complexity index is 399. The lowest BCUT2D eigenvalue weighted by molar-refractivity contribution is -0.129. The Balaban J connectivity index is 3.85. The molecule has 0 saturated heterocycles. The average Bonchev–Trinajstić information content (AvgIpc) is 2.62. The van der Waals surface area contributed by atoms with Crippen molar-refractivity contribution < 1.29 is 9.59 Å². The standard InChI is InChI=1S/C20H40N4O2/c1-4-5-6-7-8-9-10-11-12-15-19(25)24-18(20(26)22-3)14-13-16-23-17(2)21/h18,23H,2,4-16,21H2,1,3H3,(H,22,26)(H,24,25). The summed E-state index contributed by atoms with van der Waals surface area (Å²) in [6, 6.07) is -0.487. The van der Waals surface area contributed by atoms with Crippen LogP contribution in [0.1, 0.15) is 84.0 Å². The molecular weight excluding hydrogens is 328 g/mol. The molecule has 152 valence electrons. The number of rotatable bonds is 17. The molecule has 0 saturated carbocycles. The molecule has 0 aliphatic heterocycles. The number of carbonyl (C=O) groups is 2. The summed E-state index contributed by atoms with van der Waals surface area (Å²) in [7, 11) is 1.59. The summed E-state index contributed by atoms with van der Waals surface area (Å²) in [4.78, 5) is 24.0. The Hall–Kier alpha value is -1.72. The van der Waals surface area contributed by atoms with Crippen LogP contribution in [0.2, 0.25) is 0 Å². The Morgan fingerprint density at radius 1 is 0.962 bits per heavy atom. The fourth-order valence-electron chi connectivity index (χ4n) is 2.86. The van der Waals surface area contributed by atoms with Crippen molar-refractivity contribution in [2.24, 2.45) is 5.73 Å². The first-order chi connectivity index (χ1) is 12.5. The molecule has 1 unspecified atom stereocenters. The van der Waals surface area contributed by atoms with Crippen LogP contribution in [-0.4, -0.2) is 31.4 Å². The van der Waals surface area contributed by atoms with Gasteiger partial charge in [-0.25, -0.2) is 0 Å². The molecule has 0 spiro atoms. The van der Waals surface area contributed by atoms with Crippen LogP contribution in [0.3, 0.4) is 0 Å². The van der Waals surface area contributed by atoms with Gasteiger partial charge in [0.15, 0.2) is 0 Å². The summed E-state index contributed by atoms with van der Waals surface area (Å²) in [5.41, 5.74) is 5.44. The normalized spacial score (nSPS) is 11.6. The molecule has 0 fully saturated rings. The molecule has 0 aromatic rings. The highest BCUT2D eigenvalue weighted by molar-refractivity contribution is 5.87.